The molecule has 0 atom stereocenters. The Hall–Kier alpha value is -3.74. The summed E-state index contributed by atoms with van der Waals surface area (Å²) in [6.07, 6.45) is 4.87. The Morgan fingerprint density at radius 2 is 1.81 bits per heavy atom. The number of carbonyl (C=O) groups excluding carboxylic acids is 2. The monoisotopic (exact) mass is 362 g/mol. The maximum Gasteiger partial charge on any atom is 0.339 e. The number of para-hydroxylation sites is 1. The summed E-state index contributed by atoms with van der Waals surface area (Å²) in [5.74, 6) is -0.737. The summed E-state index contributed by atoms with van der Waals surface area (Å²) in [6.45, 7) is 0.381. The molecule has 136 valence electrons. The average molecular weight is 362 g/mol. The highest BCUT2D eigenvalue weighted by Crippen LogP contribution is 2.21. The quantitative estimate of drug-likeness (QED) is 0.655. The second-order valence-electron chi connectivity index (χ2n) is 5.63. The number of methoxy groups -OCH3 is 1. The van der Waals surface area contributed by atoms with Gasteiger partial charge in [-0.3, -0.25) is 14.8 Å². The Balaban J connectivity index is 1.72. The predicted octanol–water partition coefficient (Wildman–Crippen LogP) is 2.94. The first kappa shape index (κ1) is 18.1. The number of nitrogens with one attached hydrogen (secondary N) is 2. The van der Waals surface area contributed by atoms with Crippen LogP contribution in [0.15, 0.2) is 67.1 Å². The van der Waals surface area contributed by atoms with Gasteiger partial charge < -0.3 is 15.4 Å². The number of nitrogens with zero attached hydrogens (tertiary/aromatic N) is 2. The molecule has 7 nitrogen and oxygen atoms in total. The van der Waals surface area contributed by atoms with Crippen LogP contribution in [0.5, 0.6) is 0 Å². The van der Waals surface area contributed by atoms with Crippen LogP contribution in [0.4, 0.5) is 11.4 Å². The molecule has 0 saturated carbocycles. The molecule has 2 N–H and O–H groups in total. The summed E-state index contributed by atoms with van der Waals surface area (Å²) in [6, 6.07) is 14.0. The Labute approximate surface area is 156 Å². The van der Waals surface area contributed by atoms with Crippen molar-refractivity contribution in [3.63, 3.8) is 0 Å². The van der Waals surface area contributed by atoms with E-state index < -0.39 is 5.97 Å². The molecule has 0 unspecified atom stereocenters. The number of ether oxygens (including phenoxy) is 1. The topological polar surface area (TPSA) is 93.2 Å². The van der Waals surface area contributed by atoms with Crippen LogP contribution in [0.2, 0.25) is 0 Å². The Bertz CT molecular complexity index is 945. The normalized spacial score (nSPS) is 10.1. The van der Waals surface area contributed by atoms with Crippen LogP contribution in [0.1, 0.15) is 26.4 Å². The molecule has 0 fully saturated rings. The van der Waals surface area contributed by atoms with Crippen molar-refractivity contribution >= 4 is 23.3 Å². The van der Waals surface area contributed by atoms with E-state index >= 15 is 0 Å². The third-order valence-electron chi connectivity index (χ3n) is 3.81. The number of carbonyl (C=O) groups is 2. The molecule has 0 bridgehead atoms. The molecular weight excluding hydrogens is 344 g/mol. The standard InChI is InChI=1S/C20H18N4O3/c1-27-20(26)16-4-2-3-5-17(16)24-15-8-11-22-18(12-15)19(25)23-13-14-6-9-21-10-7-14/h2-12H,13H2,1H3,(H,22,24)(H,23,25). The van der Waals surface area contributed by atoms with Crippen molar-refractivity contribution in [3.8, 4) is 0 Å². The lowest BCUT2D eigenvalue weighted by Crippen LogP contribution is -2.23. The highest BCUT2D eigenvalue weighted by atomic mass is 16.5. The molecule has 0 spiro atoms. The van der Waals surface area contributed by atoms with Gasteiger partial charge in [0.2, 0.25) is 0 Å². The first-order valence-electron chi connectivity index (χ1n) is 8.25. The third-order valence-corrected chi connectivity index (χ3v) is 3.81. The lowest BCUT2D eigenvalue weighted by Gasteiger charge is -2.11. The van der Waals surface area contributed by atoms with E-state index in [2.05, 4.69) is 20.6 Å². The van der Waals surface area contributed by atoms with Gasteiger partial charge in [0.15, 0.2) is 0 Å². The van der Waals surface area contributed by atoms with Gasteiger partial charge in [0.1, 0.15) is 5.69 Å². The van der Waals surface area contributed by atoms with Gasteiger partial charge >= 0.3 is 5.97 Å². The van der Waals surface area contributed by atoms with E-state index in [1.807, 2.05) is 12.1 Å². The molecule has 27 heavy (non-hydrogen) atoms. The molecule has 0 radical (unpaired) electrons. The summed E-state index contributed by atoms with van der Waals surface area (Å²) in [5, 5.41) is 5.94. The average Bonchev–Trinajstić information content (AvgIpc) is 2.73. The van der Waals surface area contributed by atoms with Crippen molar-refractivity contribution < 1.29 is 14.3 Å². The summed E-state index contributed by atoms with van der Waals surface area (Å²) in [5.41, 5.74) is 2.83. The van der Waals surface area contributed by atoms with Crippen molar-refractivity contribution in [1.29, 1.82) is 0 Å². The van der Waals surface area contributed by atoms with E-state index in [1.54, 1.807) is 48.8 Å². The highest BCUT2D eigenvalue weighted by Gasteiger charge is 2.12. The largest absolute Gasteiger partial charge is 0.465 e. The lowest BCUT2D eigenvalue weighted by atomic mass is 10.1. The van der Waals surface area contributed by atoms with Gasteiger partial charge in [-0.15, -0.1) is 0 Å². The maximum absolute atomic E-state index is 12.4. The molecule has 1 amide bonds. The number of hydrogen-bond acceptors (Lipinski definition) is 6. The number of pyridine rings is 2. The number of hydrogen-bond donors (Lipinski definition) is 2. The van der Waals surface area contributed by atoms with Gasteiger partial charge in [-0.05, 0) is 42.0 Å². The maximum atomic E-state index is 12.4. The number of esters is 1. The first-order chi connectivity index (χ1) is 13.2. The minimum Gasteiger partial charge on any atom is -0.465 e. The van der Waals surface area contributed by atoms with E-state index in [0.717, 1.165) is 5.56 Å². The fourth-order valence-electron chi connectivity index (χ4n) is 2.44. The fraction of sp³-hybridized carbons (Fsp3) is 0.100. The minimum atomic E-state index is -0.442. The first-order valence-corrected chi connectivity index (χ1v) is 8.25. The zero-order valence-electron chi connectivity index (χ0n) is 14.7. The van der Waals surface area contributed by atoms with E-state index in [1.165, 1.54) is 13.3 Å². The van der Waals surface area contributed by atoms with Crippen LogP contribution < -0.4 is 10.6 Å². The van der Waals surface area contributed by atoms with E-state index in [4.69, 9.17) is 4.74 Å². The third kappa shape index (κ3) is 4.66. The Kier molecular flexibility index (Phi) is 5.73. The summed E-state index contributed by atoms with van der Waals surface area (Å²) in [4.78, 5) is 32.3. The SMILES string of the molecule is COC(=O)c1ccccc1Nc1ccnc(C(=O)NCc2ccncc2)c1. The van der Waals surface area contributed by atoms with Crippen LogP contribution >= 0.6 is 0 Å². The molecule has 0 aliphatic rings. The van der Waals surface area contributed by atoms with E-state index in [-0.39, 0.29) is 11.6 Å². The molecule has 0 aliphatic heterocycles. The minimum absolute atomic E-state index is 0.268. The van der Waals surface area contributed by atoms with E-state index in [0.29, 0.717) is 23.5 Å². The zero-order valence-corrected chi connectivity index (χ0v) is 14.7. The smallest absolute Gasteiger partial charge is 0.339 e. The van der Waals surface area contributed by atoms with Gasteiger partial charge in [-0.2, -0.15) is 0 Å². The van der Waals surface area contributed by atoms with Crippen LogP contribution in [0.3, 0.4) is 0 Å². The molecule has 3 rings (SSSR count). The van der Waals surface area contributed by atoms with Gasteiger partial charge in [-0.25, -0.2) is 4.79 Å². The Morgan fingerprint density at radius 3 is 2.59 bits per heavy atom. The molecule has 0 saturated heterocycles. The van der Waals surface area contributed by atoms with Crippen LogP contribution in [0.25, 0.3) is 0 Å². The number of benzene rings is 1. The lowest BCUT2D eigenvalue weighted by molar-refractivity contribution is 0.0601. The molecular formula is C20H18N4O3. The van der Waals surface area contributed by atoms with Crippen molar-refractivity contribution in [1.82, 2.24) is 15.3 Å². The number of rotatable bonds is 6. The molecule has 0 aliphatic carbocycles. The number of anilines is 2. The molecule has 2 aromatic heterocycles. The summed E-state index contributed by atoms with van der Waals surface area (Å²) in [7, 11) is 1.33. The van der Waals surface area contributed by atoms with Crippen LogP contribution in [0, 0.1) is 0 Å². The van der Waals surface area contributed by atoms with Crippen LogP contribution in [-0.2, 0) is 11.3 Å². The highest BCUT2D eigenvalue weighted by molar-refractivity contribution is 5.97. The fourth-order valence-corrected chi connectivity index (χ4v) is 2.44. The second kappa shape index (κ2) is 8.57. The van der Waals surface area contributed by atoms with Gasteiger partial charge in [0.25, 0.3) is 5.91 Å². The van der Waals surface area contributed by atoms with Gasteiger partial charge in [0, 0.05) is 30.8 Å². The number of aromatic nitrogens is 2. The van der Waals surface area contributed by atoms with Crippen molar-refractivity contribution in [2.75, 3.05) is 12.4 Å². The molecule has 2 heterocycles. The second-order valence-corrected chi connectivity index (χ2v) is 5.63. The number of amides is 1. The zero-order chi connectivity index (χ0) is 19.1. The molecule has 3 aromatic rings. The van der Waals surface area contributed by atoms with Crippen LogP contribution in [-0.4, -0.2) is 29.0 Å². The van der Waals surface area contributed by atoms with E-state index in [9.17, 15) is 9.59 Å². The Morgan fingerprint density at radius 1 is 1.04 bits per heavy atom. The van der Waals surface area contributed by atoms with Gasteiger partial charge in [0.05, 0.1) is 18.4 Å². The van der Waals surface area contributed by atoms with Crippen molar-refractivity contribution in [3.05, 3.63) is 83.9 Å². The van der Waals surface area contributed by atoms with Gasteiger partial charge in [-0.1, -0.05) is 12.1 Å². The summed E-state index contributed by atoms with van der Waals surface area (Å²) >= 11 is 0. The predicted molar refractivity (Wildman–Crippen MR) is 101 cm³/mol. The van der Waals surface area contributed by atoms with Crippen molar-refractivity contribution in [2.24, 2.45) is 0 Å². The van der Waals surface area contributed by atoms with Crippen molar-refractivity contribution in [2.45, 2.75) is 6.54 Å². The molecule has 7 heteroatoms. The summed E-state index contributed by atoms with van der Waals surface area (Å²) < 4.78 is 4.79. The molecule has 1 aromatic carbocycles.